The molecule has 2 aromatic carbocycles. The van der Waals surface area contributed by atoms with Gasteiger partial charge < -0.3 is 9.32 Å². The first-order valence-corrected chi connectivity index (χ1v) is 12.2. The molecule has 1 fully saturated rings. The van der Waals surface area contributed by atoms with Crippen LogP contribution in [-0.4, -0.2) is 59.1 Å². The Labute approximate surface area is 200 Å². The third-order valence-electron chi connectivity index (χ3n) is 5.67. The van der Waals surface area contributed by atoms with Crippen LogP contribution in [0.5, 0.6) is 0 Å². The lowest BCUT2D eigenvalue weighted by atomic mass is 10.2. The second-order valence-electron chi connectivity index (χ2n) is 7.88. The standard InChI is InChI=1S/C23H20F2N6O3S/c1-15-20(23-29-28-22(34-23)16-6-3-2-4-7-16)27-19(14-26-15)30-10-12-31(13-11-30)35(32,33)21-17(24)8-5-9-18(21)25/h2-9,14H,10-13H2,1H3. The molecule has 2 aromatic heterocycles. The molecule has 0 aliphatic carbocycles. The molecule has 1 aliphatic rings. The number of hydrogen-bond donors (Lipinski definition) is 0. The lowest BCUT2D eigenvalue weighted by Gasteiger charge is -2.34. The van der Waals surface area contributed by atoms with Crippen LogP contribution in [0, 0.1) is 18.6 Å². The Morgan fingerprint density at radius 3 is 2.23 bits per heavy atom. The maximum atomic E-state index is 14.1. The third kappa shape index (κ3) is 4.37. The van der Waals surface area contributed by atoms with Gasteiger partial charge >= 0.3 is 0 Å². The van der Waals surface area contributed by atoms with Crippen molar-refractivity contribution in [3.63, 3.8) is 0 Å². The predicted molar refractivity (Wildman–Crippen MR) is 123 cm³/mol. The topological polar surface area (TPSA) is 105 Å². The highest BCUT2D eigenvalue weighted by atomic mass is 32.2. The van der Waals surface area contributed by atoms with Crippen molar-refractivity contribution >= 4 is 15.8 Å². The maximum absolute atomic E-state index is 14.1. The van der Waals surface area contributed by atoms with Gasteiger partial charge in [-0.2, -0.15) is 4.31 Å². The van der Waals surface area contributed by atoms with Crippen LogP contribution in [-0.2, 0) is 10.0 Å². The van der Waals surface area contributed by atoms with Gasteiger partial charge in [0, 0.05) is 31.7 Å². The summed E-state index contributed by atoms with van der Waals surface area (Å²) < 4.78 is 60.8. The van der Waals surface area contributed by atoms with E-state index in [1.54, 1.807) is 13.1 Å². The summed E-state index contributed by atoms with van der Waals surface area (Å²) >= 11 is 0. The summed E-state index contributed by atoms with van der Waals surface area (Å²) in [5.41, 5.74) is 1.78. The van der Waals surface area contributed by atoms with Crippen LogP contribution >= 0.6 is 0 Å². The van der Waals surface area contributed by atoms with E-state index in [4.69, 9.17) is 4.42 Å². The van der Waals surface area contributed by atoms with Gasteiger partial charge in [-0.3, -0.25) is 4.98 Å². The van der Waals surface area contributed by atoms with E-state index in [1.807, 2.05) is 35.2 Å². The van der Waals surface area contributed by atoms with Gasteiger partial charge in [0.2, 0.25) is 15.9 Å². The Bertz CT molecular complexity index is 1450. The van der Waals surface area contributed by atoms with E-state index in [0.717, 1.165) is 28.1 Å². The monoisotopic (exact) mass is 498 g/mol. The van der Waals surface area contributed by atoms with E-state index in [0.29, 0.717) is 23.1 Å². The molecule has 0 bridgehead atoms. The van der Waals surface area contributed by atoms with Crippen LogP contribution in [0.3, 0.4) is 0 Å². The fourth-order valence-electron chi connectivity index (χ4n) is 3.83. The molecule has 9 nitrogen and oxygen atoms in total. The predicted octanol–water partition coefficient (Wildman–Crippen LogP) is 3.29. The number of piperazine rings is 1. The van der Waals surface area contributed by atoms with Crippen LogP contribution in [0.4, 0.5) is 14.6 Å². The molecule has 0 unspecified atom stereocenters. The molecule has 0 radical (unpaired) electrons. The van der Waals surface area contributed by atoms with Crippen molar-refractivity contribution in [2.75, 3.05) is 31.1 Å². The molecule has 35 heavy (non-hydrogen) atoms. The summed E-state index contributed by atoms with van der Waals surface area (Å²) in [5.74, 6) is -1.16. The lowest BCUT2D eigenvalue weighted by Crippen LogP contribution is -2.49. The largest absolute Gasteiger partial charge is 0.415 e. The number of halogens is 2. The molecule has 5 rings (SSSR count). The Hall–Kier alpha value is -3.77. The van der Waals surface area contributed by atoms with Crippen molar-refractivity contribution in [2.24, 2.45) is 0 Å². The molecule has 0 spiro atoms. The fraction of sp³-hybridized carbons (Fsp3) is 0.217. The molecule has 4 aromatic rings. The minimum absolute atomic E-state index is 0.0275. The van der Waals surface area contributed by atoms with Crippen molar-refractivity contribution in [3.05, 3.63) is 72.1 Å². The molecule has 1 saturated heterocycles. The first-order valence-electron chi connectivity index (χ1n) is 10.8. The first kappa shape index (κ1) is 23.0. The first-order chi connectivity index (χ1) is 16.8. The zero-order valence-electron chi connectivity index (χ0n) is 18.6. The minimum Gasteiger partial charge on any atom is -0.415 e. The average Bonchev–Trinajstić information content (AvgIpc) is 3.35. The molecular weight excluding hydrogens is 478 g/mol. The van der Waals surface area contributed by atoms with Crippen LogP contribution in [0.2, 0.25) is 0 Å². The zero-order valence-corrected chi connectivity index (χ0v) is 19.4. The van der Waals surface area contributed by atoms with Gasteiger partial charge in [-0.15, -0.1) is 10.2 Å². The molecule has 1 aliphatic heterocycles. The highest BCUT2D eigenvalue weighted by molar-refractivity contribution is 7.89. The SMILES string of the molecule is Cc1ncc(N2CCN(S(=O)(=O)c3c(F)cccc3F)CC2)nc1-c1nnc(-c2ccccc2)o1. The van der Waals surface area contributed by atoms with Crippen molar-refractivity contribution in [2.45, 2.75) is 11.8 Å². The second-order valence-corrected chi connectivity index (χ2v) is 9.76. The molecule has 180 valence electrons. The van der Waals surface area contributed by atoms with Crippen molar-refractivity contribution in [1.82, 2.24) is 24.5 Å². The van der Waals surface area contributed by atoms with Gasteiger partial charge in [0.15, 0.2) is 10.6 Å². The van der Waals surface area contributed by atoms with Gasteiger partial charge in [0.1, 0.15) is 17.5 Å². The highest BCUT2D eigenvalue weighted by Crippen LogP contribution is 2.27. The van der Waals surface area contributed by atoms with Gasteiger partial charge in [-0.25, -0.2) is 22.2 Å². The molecular formula is C23H20F2N6O3S. The quantitative estimate of drug-likeness (QED) is 0.413. The second kappa shape index (κ2) is 9.12. The van der Waals surface area contributed by atoms with E-state index in [-0.39, 0.29) is 32.1 Å². The fourth-order valence-corrected chi connectivity index (χ4v) is 5.36. The van der Waals surface area contributed by atoms with E-state index in [2.05, 4.69) is 20.2 Å². The van der Waals surface area contributed by atoms with Gasteiger partial charge in [0.25, 0.3) is 5.89 Å². The smallest absolute Gasteiger partial charge is 0.268 e. The summed E-state index contributed by atoms with van der Waals surface area (Å²) in [7, 11) is -4.32. The average molecular weight is 499 g/mol. The molecule has 12 heteroatoms. The number of benzene rings is 2. The normalized spacial score (nSPS) is 14.9. The Morgan fingerprint density at radius 1 is 0.886 bits per heavy atom. The van der Waals surface area contributed by atoms with E-state index in [9.17, 15) is 17.2 Å². The van der Waals surface area contributed by atoms with Gasteiger partial charge in [0.05, 0.1) is 11.9 Å². The number of hydrogen-bond acceptors (Lipinski definition) is 8. The zero-order chi connectivity index (χ0) is 24.6. The van der Waals surface area contributed by atoms with Crippen LogP contribution in [0.1, 0.15) is 5.69 Å². The molecule has 0 atom stereocenters. The number of sulfonamides is 1. The van der Waals surface area contributed by atoms with Crippen molar-refractivity contribution < 1.29 is 21.6 Å². The number of aryl methyl sites for hydroxylation is 1. The molecule has 0 saturated carbocycles. The van der Waals surface area contributed by atoms with E-state index in [1.165, 1.54) is 0 Å². The molecule has 3 heterocycles. The summed E-state index contributed by atoms with van der Waals surface area (Å²) in [4.78, 5) is 9.92. The van der Waals surface area contributed by atoms with Gasteiger partial charge in [-0.1, -0.05) is 24.3 Å². The van der Waals surface area contributed by atoms with Gasteiger partial charge in [-0.05, 0) is 31.2 Å². The van der Waals surface area contributed by atoms with E-state index >= 15 is 0 Å². The van der Waals surface area contributed by atoms with Crippen LogP contribution in [0.25, 0.3) is 23.0 Å². The highest BCUT2D eigenvalue weighted by Gasteiger charge is 2.33. The third-order valence-corrected chi connectivity index (χ3v) is 7.62. The number of nitrogens with zero attached hydrogens (tertiary/aromatic N) is 6. The van der Waals surface area contributed by atoms with E-state index < -0.39 is 26.6 Å². The Morgan fingerprint density at radius 2 is 1.54 bits per heavy atom. The molecule has 0 N–H and O–H groups in total. The Kier molecular flexibility index (Phi) is 5.99. The minimum atomic E-state index is -4.32. The number of aromatic nitrogens is 4. The van der Waals surface area contributed by atoms with Crippen molar-refractivity contribution in [3.8, 4) is 23.0 Å². The van der Waals surface area contributed by atoms with Crippen LogP contribution in [0.15, 0.2) is 64.0 Å². The number of anilines is 1. The number of rotatable bonds is 5. The Balaban J connectivity index is 1.35. The van der Waals surface area contributed by atoms with Crippen LogP contribution < -0.4 is 4.90 Å². The molecule has 0 amide bonds. The summed E-state index contributed by atoms with van der Waals surface area (Å²) in [6.45, 7) is 2.34. The summed E-state index contributed by atoms with van der Waals surface area (Å²) in [6, 6.07) is 12.3. The maximum Gasteiger partial charge on any atom is 0.268 e. The van der Waals surface area contributed by atoms with Crippen molar-refractivity contribution in [1.29, 1.82) is 0 Å². The summed E-state index contributed by atoms with van der Waals surface area (Å²) in [6.07, 6.45) is 1.58. The summed E-state index contributed by atoms with van der Waals surface area (Å²) in [5, 5.41) is 8.20. The lowest BCUT2D eigenvalue weighted by molar-refractivity contribution is 0.377.